The van der Waals surface area contributed by atoms with Gasteiger partial charge in [0.05, 0.1) is 5.69 Å². The summed E-state index contributed by atoms with van der Waals surface area (Å²) in [7, 11) is -0.978. The number of aryl methyl sites for hydroxylation is 2. The van der Waals surface area contributed by atoms with Crippen LogP contribution in [0.15, 0.2) is 78.9 Å². The number of fused-ring (bicyclic) bond motifs is 5. The molecule has 1 aliphatic rings. The lowest BCUT2D eigenvalue weighted by Gasteiger charge is -2.38. The molecule has 138 valence electrons. The first-order chi connectivity index (χ1) is 13.5. The first kappa shape index (κ1) is 17.3. The van der Waals surface area contributed by atoms with Gasteiger partial charge >= 0.3 is 0 Å². The van der Waals surface area contributed by atoms with Crippen molar-refractivity contribution in [3.8, 4) is 11.1 Å². The third-order valence-electron chi connectivity index (χ3n) is 6.10. The second-order valence-corrected chi connectivity index (χ2v) is 10.3. The lowest BCUT2D eigenvalue weighted by atomic mass is 9.92. The van der Waals surface area contributed by atoms with Crippen molar-refractivity contribution in [2.75, 3.05) is 11.7 Å². The van der Waals surface area contributed by atoms with Gasteiger partial charge in [0.2, 0.25) is 7.29 Å². The van der Waals surface area contributed by atoms with E-state index >= 15 is 0 Å². The highest BCUT2D eigenvalue weighted by atomic mass is 31.2. The van der Waals surface area contributed by atoms with Gasteiger partial charge in [-0.05, 0) is 65.6 Å². The second-order valence-electron chi connectivity index (χ2n) is 7.51. The maximum Gasteiger partial charge on any atom is 0.230 e. The summed E-state index contributed by atoms with van der Waals surface area (Å²) in [5.74, 6) is 0. The van der Waals surface area contributed by atoms with Crippen LogP contribution in [0.25, 0.3) is 21.9 Å². The van der Waals surface area contributed by atoms with Gasteiger partial charge in [-0.25, -0.2) is 0 Å². The van der Waals surface area contributed by atoms with Crippen LogP contribution in [0.1, 0.15) is 11.1 Å². The van der Waals surface area contributed by atoms with E-state index in [0.29, 0.717) is 0 Å². The molecule has 28 heavy (non-hydrogen) atoms. The molecule has 4 aromatic rings. The summed E-state index contributed by atoms with van der Waals surface area (Å²) in [5, 5.41) is 4.27. The van der Waals surface area contributed by atoms with Crippen LogP contribution in [0.2, 0.25) is 0 Å². The lowest BCUT2D eigenvalue weighted by Crippen LogP contribution is -2.33. The minimum absolute atomic E-state index is 0.871. The summed E-state index contributed by atoms with van der Waals surface area (Å²) >= 11 is 0. The van der Waals surface area contributed by atoms with Crippen molar-refractivity contribution in [3.05, 3.63) is 90.0 Å². The third kappa shape index (κ3) is 2.19. The number of anilines is 1. The van der Waals surface area contributed by atoms with Gasteiger partial charge in [-0.1, -0.05) is 54.6 Å². The zero-order valence-electron chi connectivity index (χ0n) is 16.3. The monoisotopic (exact) mass is 383 g/mol. The Morgan fingerprint density at radius 2 is 1.43 bits per heavy atom. The molecule has 0 N–H and O–H groups in total. The Kier molecular flexibility index (Phi) is 3.76. The molecule has 0 bridgehead atoms. The summed E-state index contributed by atoms with van der Waals surface area (Å²) < 4.78 is 16.5. The van der Waals surface area contributed by atoms with Crippen molar-refractivity contribution >= 4 is 34.4 Å². The number of hydrogen-bond donors (Lipinski definition) is 0. The SMILES string of the molecule is Cc1ccc2c3c(ccc2c1C)N(C)P(=O)(c1ccccc1)c1ccccc1-3. The lowest BCUT2D eigenvalue weighted by molar-refractivity contribution is 0.586. The van der Waals surface area contributed by atoms with Crippen LogP contribution in [0.5, 0.6) is 0 Å². The molecule has 0 aromatic heterocycles. The Bertz CT molecular complexity index is 1280. The van der Waals surface area contributed by atoms with E-state index in [1.807, 2.05) is 60.2 Å². The third-order valence-corrected chi connectivity index (χ3v) is 9.20. The molecule has 1 heterocycles. The van der Waals surface area contributed by atoms with Crippen molar-refractivity contribution in [2.24, 2.45) is 0 Å². The maximum absolute atomic E-state index is 14.5. The summed E-state index contributed by atoms with van der Waals surface area (Å²) in [6.07, 6.45) is 0. The summed E-state index contributed by atoms with van der Waals surface area (Å²) in [4.78, 5) is 0. The molecular weight excluding hydrogens is 361 g/mol. The van der Waals surface area contributed by atoms with Gasteiger partial charge in [0.15, 0.2) is 0 Å². The molecular formula is C25H22NOP. The molecule has 1 aliphatic heterocycles. The topological polar surface area (TPSA) is 20.3 Å². The highest BCUT2D eigenvalue weighted by Crippen LogP contribution is 2.57. The molecule has 4 aromatic carbocycles. The fraction of sp³-hybridized carbons (Fsp3) is 0.120. The van der Waals surface area contributed by atoms with Crippen molar-refractivity contribution in [1.82, 2.24) is 0 Å². The van der Waals surface area contributed by atoms with Crippen molar-refractivity contribution in [2.45, 2.75) is 13.8 Å². The van der Waals surface area contributed by atoms with E-state index in [4.69, 9.17) is 0 Å². The summed E-state index contributed by atoms with van der Waals surface area (Å²) in [6.45, 7) is 4.33. The van der Waals surface area contributed by atoms with Crippen LogP contribution in [0.3, 0.4) is 0 Å². The molecule has 0 saturated carbocycles. The minimum Gasteiger partial charge on any atom is -0.318 e. The Hall–Kier alpha value is -2.83. The zero-order valence-corrected chi connectivity index (χ0v) is 17.2. The molecule has 3 heteroatoms. The Morgan fingerprint density at radius 1 is 0.750 bits per heavy atom. The Labute approximate surface area is 165 Å². The van der Waals surface area contributed by atoms with E-state index in [1.165, 1.54) is 27.5 Å². The molecule has 0 radical (unpaired) electrons. The standard InChI is InChI=1S/C25H22NOP/c1-17-13-14-21-20(18(17)2)15-16-23-25(21)22-11-7-8-12-24(22)28(27,26(23)3)19-9-5-4-6-10-19/h4-16H,1-3H3. The Balaban J connectivity index is 1.91. The number of benzene rings is 4. The zero-order chi connectivity index (χ0) is 19.5. The van der Waals surface area contributed by atoms with E-state index in [-0.39, 0.29) is 0 Å². The van der Waals surface area contributed by atoms with E-state index in [1.54, 1.807) is 0 Å². The maximum atomic E-state index is 14.5. The molecule has 2 nitrogen and oxygen atoms in total. The molecule has 0 amide bonds. The van der Waals surface area contributed by atoms with Crippen LogP contribution in [-0.2, 0) is 4.57 Å². The number of hydrogen-bond acceptors (Lipinski definition) is 1. The summed E-state index contributed by atoms with van der Waals surface area (Å²) in [5.41, 5.74) is 5.89. The highest BCUT2D eigenvalue weighted by molar-refractivity contribution is 7.80. The van der Waals surface area contributed by atoms with E-state index in [2.05, 4.69) is 44.2 Å². The molecule has 0 spiro atoms. The van der Waals surface area contributed by atoms with Gasteiger partial charge in [-0.15, -0.1) is 0 Å². The van der Waals surface area contributed by atoms with E-state index in [0.717, 1.165) is 21.9 Å². The summed E-state index contributed by atoms with van der Waals surface area (Å²) in [6, 6.07) is 26.8. The average Bonchev–Trinajstić information content (AvgIpc) is 2.74. The van der Waals surface area contributed by atoms with E-state index in [9.17, 15) is 4.57 Å². The van der Waals surface area contributed by atoms with Crippen LogP contribution < -0.4 is 15.3 Å². The van der Waals surface area contributed by atoms with Crippen LogP contribution in [-0.4, -0.2) is 7.05 Å². The molecule has 0 saturated heterocycles. The molecule has 1 atom stereocenters. The first-order valence-corrected chi connectivity index (χ1v) is 11.2. The fourth-order valence-electron chi connectivity index (χ4n) is 4.41. The van der Waals surface area contributed by atoms with Crippen molar-refractivity contribution < 1.29 is 4.57 Å². The normalized spacial score (nSPS) is 18.0. The largest absolute Gasteiger partial charge is 0.318 e. The van der Waals surface area contributed by atoms with Crippen molar-refractivity contribution in [3.63, 3.8) is 0 Å². The first-order valence-electron chi connectivity index (χ1n) is 9.56. The van der Waals surface area contributed by atoms with Gasteiger partial charge in [0.1, 0.15) is 0 Å². The van der Waals surface area contributed by atoms with Crippen LogP contribution >= 0.6 is 7.29 Å². The van der Waals surface area contributed by atoms with Gasteiger partial charge in [-0.2, -0.15) is 0 Å². The van der Waals surface area contributed by atoms with Crippen molar-refractivity contribution in [1.29, 1.82) is 0 Å². The van der Waals surface area contributed by atoms with E-state index < -0.39 is 7.29 Å². The smallest absolute Gasteiger partial charge is 0.230 e. The fourth-order valence-corrected chi connectivity index (χ4v) is 7.21. The second kappa shape index (κ2) is 6.09. The molecule has 0 fully saturated rings. The molecule has 1 unspecified atom stereocenters. The van der Waals surface area contributed by atoms with Crippen LogP contribution in [0, 0.1) is 13.8 Å². The predicted molar refractivity (Wildman–Crippen MR) is 121 cm³/mol. The van der Waals surface area contributed by atoms with Gasteiger partial charge in [0, 0.05) is 23.2 Å². The highest BCUT2D eigenvalue weighted by Gasteiger charge is 2.40. The number of rotatable bonds is 1. The predicted octanol–water partition coefficient (Wildman–Crippen LogP) is 5.80. The molecule has 5 rings (SSSR count). The molecule has 0 aliphatic carbocycles. The van der Waals surface area contributed by atoms with Gasteiger partial charge in [-0.3, -0.25) is 4.57 Å². The Morgan fingerprint density at radius 3 is 2.21 bits per heavy atom. The van der Waals surface area contributed by atoms with Crippen LogP contribution in [0.4, 0.5) is 5.69 Å². The van der Waals surface area contributed by atoms with Gasteiger partial charge in [0.25, 0.3) is 0 Å². The minimum atomic E-state index is -2.95. The average molecular weight is 383 g/mol. The number of nitrogens with zero attached hydrogens (tertiary/aromatic N) is 1. The quantitative estimate of drug-likeness (QED) is 0.387. The van der Waals surface area contributed by atoms with Gasteiger partial charge < -0.3 is 4.67 Å².